The maximum Gasteiger partial charge on any atom is 0.224 e. The van der Waals surface area contributed by atoms with Crippen LogP contribution in [0.25, 0.3) is 16.9 Å². The van der Waals surface area contributed by atoms with Gasteiger partial charge in [-0.05, 0) is 56.3 Å². The predicted molar refractivity (Wildman–Crippen MR) is 110 cm³/mol. The van der Waals surface area contributed by atoms with Gasteiger partial charge in [0.2, 0.25) is 11.9 Å². The fraction of sp³-hybridized carbons (Fsp3) is 0.174. The van der Waals surface area contributed by atoms with Crippen molar-refractivity contribution in [2.75, 3.05) is 7.11 Å². The van der Waals surface area contributed by atoms with Crippen LogP contribution in [-0.2, 0) is 5.41 Å². The molecule has 4 rings (SSSR count). The third-order valence-electron chi connectivity index (χ3n) is 5.03. The molecule has 0 radical (unpaired) electrons. The summed E-state index contributed by atoms with van der Waals surface area (Å²) in [6.07, 6.45) is 1.87. The van der Waals surface area contributed by atoms with Crippen molar-refractivity contribution in [2.45, 2.75) is 19.3 Å². The largest absolute Gasteiger partial charge is 0.497 e. The monoisotopic (exact) mass is 406 g/mol. The van der Waals surface area contributed by atoms with Crippen LogP contribution in [0.2, 0.25) is 0 Å². The summed E-state index contributed by atoms with van der Waals surface area (Å²) in [6, 6.07) is 17.3. The van der Waals surface area contributed by atoms with Crippen LogP contribution >= 0.6 is 0 Å². The molecule has 30 heavy (non-hydrogen) atoms. The van der Waals surface area contributed by atoms with E-state index in [-0.39, 0.29) is 5.56 Å². The molecule has 0 aliphatic heterocycles. The van der Waals surface area contributed by atoms with Crippen molar-refractivity contribution >= 4 is 0 Å². The van der Waals surface area contributed by atoms with Crippen LogP contribution in [0.3, 0.4) is 0 Å². The van der Waals surface area contributed by atoms with Gasteiger partial charge in [-0.1, -0.05) is 12.1 Å². The van der Waals surface area contributed by atoms with Gasteiger partial charge in [-0.3, -0.25) is 4.98 Å². The lowest BCUT2D eigenvalue weighted by atomic mass is 9.85. The first-order valence-electron chi connectivity index (χ1n) is 9.39. The minimum atomic E-state index is -0.889. The molecule has 7 heteroatoms. The molecule has 0 aliphatic carbocycles. The van der Waals surface area contributed by atoms with Gasteiger partial charge >= 0.3 is 0 Å². The maximum absolute atomic E-state index is 14.1. The molecule has 3 aromatic heterocycles. The van der Waals surface area contributed by atoms with Crippen molar-refractivity contribution in [3.8, 4) is 22.7 Å². The van der Waals surface area contributed by atoms with E-state index in [9.17, 15) is 8.78 Å². The summed E-state index contributed by atoms with van der Waals surface area (Å²) >= 11 is 0. The Bertz CT molecular complexity index is 1200. The lowest BCUT2D eigenvalue weighted by molar-refractivity contribution is 0.414. The Kier molecular flexibility index (Phi) is 5.03. The van der Waals surface area contributed by atoms with E-state index in [4.69, 9.17) is 9.84 Å². The van der Waals surface area contributed by atoms with Crippen molar-refractivity contribution in [1.29, 1.82) is 0 Å². The summed E-state index contributed by atoms with van der Waals surface area (Å²) in [4.78, 5) is 7.87. The molecule has 3 heterocycles. The molecule has 0 saturated heterocycles. The SMILES string of the molecule is COc1cccc(-n2ccc(C(C)(C)c3cccc(-c4ccc(F)nc4F)n3)n2)c1. The molecule has 0 fully saturated rings. The summed E-state index contributed by atoms with van der Waals surface area (Å²) in [5.41, 5.74) is 2.36. The lowest BCUT2D eigenvalue weighted by Crippen LogP contribution is -2.22. The Morgan fingerprint density at radius 3 is 2.47 bits per heavy atom. The van der Waals surface area contributed by atoms with Crippen LogP contribution in [0.15, 0.2) is 66.9 Å². The molecule has 0 spiro atoms. The second kappa shape index (κ2) is 7.67. The first-order chi connectivity index (χ1) is 14.4. The number of hydrogen-bond donors (Lipinski definition) is 0. The average Bonchev–Trinajstić information content (AvgIpc) is 3.25. The highest BCUT2D eigenvalue weighted by Crippen LogP contribution is 2.31. The number of aromatic nitrogens is 4. The maximum atomic E-state index is 14.1. The third-order valence-corrected chi connectivity index (χ3v) is 5.03. The van der Waals surface area contributed by atoms with Gasteiger partial charge in [0.05, 0.1) is 40.9 Å². The Labute approximate surface area is 173 Å². The zero-order valence-electron chi connectivity index (χ0n) is 16.8. The average molecular weight is 406 g/mol. The van der Waals surface area contributed by atoms with Crippen LogP contribution in [-0.4, -0.2) is 26.9 Å². The molecule has 0 unspecified atom stereocenters. The first-order valence-corrected chi connectivity index (χ1v) is 9.39. The molecule has 0 saturated carbocycles. The second-order valence-corrected chi connectivity index (χ2v) is 7.35. The summed E-state index contributed by atoms with van der Waals surface area (Å²) in [5.74, 6) is -1.01. The van der Waals surface area contributed by atoms with Crippen LogP contribution in [0, 0.1) is 11.9 Å². The molecular weight excluding hydrogens is 386 g/mol. The van der Waals surface area contributed by atoms with E-state index in [1.165, 1.54) is 6.07 Å². The normalized spacial score (nSPS) is 11.5. The number of rotatable bonds is 5. The smallest absolute Gasteiger partial charge is 0.224 e. The highest BCUT2D eigenvalue weighted by molar-refractivity contribution is 5.59. The second-order valence-electron chi connectivity index (χ2n) is 7.35. The first kappa shape index (κ1) is 19.7. The van der Waals surface area contributed by atoms with Crippen molar-refractivity contribution in [3.63, 3.8) is 0 Å². The van der Waals surface area contributed by atoms with Gasteiger partial charge < -0.3 is 4.74 Å². The quantitative estimate of drug-likeness (QED) is 0.441. The molecule has 1 aromatic carbocycles. The third kappa shape index (κ3) is 3.66. The number of ether oxygens (including phenoxy) is 1. The van der Waals surface area contributed by atoms with E-state index >= 15 is 0 Å². The van der Waals surface area contributed by atoms with E-state index in [2.05, 4.69) is 9.97 Å². The summed E-state index contributed by atoms with van der Waals surface area (Å²) < 4.78 is 34.3. The van der Waals surface area contributed by atoms with Crippen molar-refractivity contribution < 1.29 is 13.5 Å². The highest BCUT2D eigenvalue weighted by Gasteiger charge is 2.28. The van der Waals surface area contributed by atoms with Crippen LogP contribution in [0.1, 0.15) is 25.2 Å². The van der Waals surface area contributed by atoms with E-state index < -0.39 is 17.3 Å². The van der Waals surface area contributed by atoms with Gasteiger partial charge in [0.25, 0.3) is 0 Å². The zero-order chi connectivity index (χ0) is 21.3. The lowest BCUT2D eigenvalue weighted by Gasteiger charge is -2.22. The van der Waals surface area contributed by atoms with Gasteiger partial charge in [-0.25, -0.2) is 4.68 Å². The van der Waals surface area contributed by atoms with Gasteiger partial charge in [-0.15, -0.1) is 0 Å². The van der Waals surface area contributed by atoms with Crippen molar-refractivity contribution in [3.05, 3.63) is 90.1 Å². The molecular formula is C23H20F2N4O. The van der Waals surface area contributed by atoms with Gasteiger partial charge in [0.15, 0.2) is 0 Å². The van der Waals surface area contributed by atoms with Gasteiger partial charge in [0, 0.05) is 12.3 Å². The Balaban J connectivity index is 1.70. The van der Waals surface area contributed by atoms with Gasteiger partial charge in [-0.2, -0.15) is 18.9 Å². The molecule has 152 valence electrons. The minimum Gasteiger partial charge on any atom is -0.497 e. The van der Waals surface area contributed by atoms with E-state index in [0.717, 1.165) is 23.2 Å². The Morgan fingerprint density at radius 1 is 0.900 bits per heavy atom. The van der Waals surface area contributed by atoms with E-state index in [1.807, 2.05) is 56.4 Å². The Hall–Kier alpha value is -3.61. The van der Waals surface area contributed by atoms with Gasteiger partial charge in [0.1, 0.15) is 5.75 Å². The highest BCUT2D eigenvalue weighted by atomic mass is 19.1. The van der Waals surface area contributed by atoms with Crippen LogP contribution in [0.5, 0.6) is 5.75 Å². The minimum absolute atomic E-state index is 0.149. The van der Waals surface area contributed by atoms with E-state index in [1.54, 1.807) is 23.9 Å². The fourth-order valence-electron chi connectivity index (χ4n) is 3.22. The molecule has 0 aliphatic rings. The molecule has 0 atom stereocenters. The van der Waals surface area contributed by atoms with E-state index in [0.29, 0.717) is 11.4 Å². The summed E-state index contributed by atoms with van der Waals surface area (Å²) in [5, 5.41) is 4.72. The van der Waals surface area contributed by atoms with Crippen molar-refractivity contribution in [1.82, 2.24) is 19.7 Å². The van der Waals surface area contributed by atoms with Crippen LogP contribution in [0.4, 0.5) is 8.78 Å². The van der Waals surface area contributed by atoms with Crippen molar-refractivity contribution in [2.24, 2.45) is 0 Å². The molecule has 5 nitrogen and oxygen atoms in total. The van der Waals surface area contributed by atoms with Crippen LogP contribution < -0.4 is 4.74 Å². The number of benzene rings is 1. The fourth-order valence-corrected chi connectivity index (χ4v) is 3.22. The topological polar surface area (TPSA) is 52.8 Å². The number of hydrogen-bond acceptors (Lipinski definition) is 4. The summed E-state index contributed by atoms with van der Waals surface area (Å²) in [7, 11) is 1.62. The number of methoxy groups -OCH3 is 1. The predicted octanol–water partition coefficient (Wildman–Crippen LogP) is 4.94. The Morgan fingerprint density at radius 2 is 1.70 bits per heavy atom. The zero-order valence-corrected chi connectivity index (χ0v) is 16.8. The summed E-state index contributed by atoms with van der Waals surface area (Å²) in [6.45, 7) is 3.99. The number of nitrogens with zero attached hydrogens (tertiary/aromatic N) is 4. The standard InChI is InChI=1S/C23H20F2N4O/c1-23(2,20-12-13-29(28-20)15-6-4-7-16(14-15)30-3)19-9-5-8-18(26-19)17-10-11-21(24)27-22(17)25/h4-14H,1-3H3. The molecule has 0 amide bonds. The number of pyridine rings is 2. The number of halogens is 2. The molecule has 4 aromatic rings. The molecule has 0 N–H and O–H groups in total. The molecule has 0 bridgehead atoms.